The largest absolute Gasteiger partial charge is 0.411 e. The maximum Gasteiger partial charge on any atom is 0.116 e. The maximum absolute atomic E-state index is 9.04. The van der Waals surface area contributed by atoms with Crippen LogP contribution in [-0.4, -0.2) is 23.6 Å². The minimum atomic E-state index is -0.0603. The lowest BCUT2D eigenvalue weighted by molar-refractivity contribution is 0.0993. The van der Waals surface area contributed by atoms with Gasteiger partial charge in [0.2, 0.25) is 0 Å². The Bertz CT molecular complexity index is 374. The molecule has 0 aliphatic heterocycles. The molecular weight excluding hydrogens is 190 g/mol. The van der Waals surface area contributed by atoms with E-state index in [1.54, 1.807) is 0 Å². The average Bonchev–Trinajstić information content (AvgIpc) is 2.29. The standard InChI is InChI=1S/C12H15NO2/c1-2-15-11-8-7-9-5-3-4-6-10(9)12(11)13-14/h3-6,11,14H,2,7-8H2,1H3/b13-12-. The Morgan fingerprint density at radius 1 is 1.47 bits per heavy atom. The summed E-state index contributed by atoms with van der Waals surface area (Å²) in [6.07, 6.45) is 1.82. The van der Waals surface area contributed by atoms with E-state index in [1.165, 1.54) is 5.56 Å². The van der Waals surface area contributed by atoms with Gasteiger partial charge in [-0.1, -0.05) is 29.4 Å². The van der Waals surface area contributed by atoms with E-state index in [2.05, 4.69) is 11.2 Å². The smallest absolute Gasteiger partial charge is 0.116 e. The van der Waals surface area contributed by atoms with Crippen molar-refractivity contribution < 1.29 is 9.94 Å². The normalized spacial score (nSPS) is 22.7. The highest BCUT2D eigenvalue weighted by Gasteiger charge is 2.25. The van der Waals surface area contributed by atoms with Crippen molar-refractivity contribution in [1.82, 2.24) is 0 Å². The highest BCUT2D eigenvalue weighted by Crippen LogP contribution is 2.23. The van der Waals surface area contributed by atoms with E-state index in [1.807, 2.05) is 25.1 Å². The molecule has 1 aromatic rings. The van der Waals surface area contributed by atoms with Crippen LogP contribution in [0.4, 0.5) is 0 Å². The second kappa shape index (κ2) is 4.45. The highest BCUT2D eigenvalue weighted by atomic mass is 16.5. The van der Waals surface area contributed by atoms with Crippen LogP contribution in [0, 0.1) is 0 Å². The number of nitrogens with zero attached hydrogens (tertiary/aromatic N) is 1. The van der Waals surface area contributed by atoms with Crippen molar-refractivity contribution in [1.29, 1.82) is 0 Å². The lowest BCUT2D eigenvalue weighted by Gasteiger charge is -2.25. The first-order valence-corrected chi connectivity index (χ1v) is 5.28. The summed E-state index contributed by atoms with van der Waals surface area (Å²) in [5.41, 5.74) is 2.92. The molecule has 1 atom stereocenters. The van der Waals surface area contributed by atoms with Crippen LogP contribution in [0.15, 0.2) is 29.4 Å². The van der Waals surface area contributed by atoms with Gasteiger partial charge in [0.05, 0.1) is 0 Å². The summed E-state index contributed by atoms with van der Waals surface area (Å²) < 4.78 is 5.55. The summed E-state index contributed by atoms with van der Waals surface area (Å²) in [4.78, 5) is 0. The van der Waals surface area contributed by atoms with E-state index in [-0.39, 0.29) is 6.10 Å². The first-order chi connectivity index (χ1) is 7.36. The number of rotatable bonds is 2. The van der Waals surface area contributed by atoms with Gasteiger partial charge in [0.25, 0.3) is 0 Å². The van der Waals surface area contributed by atoms with Crippen LogP contribution in [0.3, 0.4) is 0 Å². The van der Waals surface area contributed by atoms with Crippen LogP contribution in [0.25, 0.3) is 0 Å². The first kappa shape index (κ1) is 10.2. The third-order valence-corrected chi connectivity index (χ3v) is 2.75. The Morgan fingerprint density at radius 3 is 3.00 bits per heavy atom. The van der Waals surface area contributed by atoms with E-state index in [0.717, 1.165) is 18.4 Å². The van der Waals surface area contributed by atoms with Gasteiger partial charge >= 0.3 is 0 Å². The second-order valence-corrected chi connectivity index (χ2v) is 3.63. The topological polar surface area (TPSA) is 41.8 Å². The molecule has 0 bridgehead atoms. The summed E-state index contributed by atoms with van der Waals surface area (Å²) in [5, 5.41) is 12.4. The van der Waals surface area contributed by atoms with E-state index in [4.69, 9.17) is 9.94 Å². The van der Waals surface area contributed by atoms with Gasteiger partial charge in [0.15, 0.2) is 0 Å². The van der Waals surface area contributed by atoms with Crippen molar-refractivity contribution in [2.24, 2.45) is 5.16 Å². The molecule has 1 N–H and O–H groups in total. The number of hydrogen-bond acceptors (Lipinski definition) is 3. The van der Waals surface area contributed by atoms with Gasteiger partial charge in [-0.3, -0.25) is 0 Å². The van der Waals surface area contributed by atoms with Crippen molar-refractivity contribution in [2.45, 2.75) is 25.9 Å². The maximum atomic E-state index is 9.04. The molecule has 15 heavy (non-hydrogen) atoms. The second-order valence-electron chi connectivity index (χ2n) is 3.63. The molecule has 0 heterocycles. The monoisotopic (exact) mass is 205 g/mol. The number of ether oxygens (including phenoxy) is 1. The summed E-state index contributed by atoms with van der Waals surface area (Å²) in [6.45, 7) is 2.60. The minimum absolute atomic E-state index is 0.0603. The first-order valence-electron chi connectivity index (χ1n) is 5.28. The van der Waals surface area contributed by atoms with Crippen molar-refractivity contribution in [3.05, 3.63) is 35.4 Å². The predicted molar refractivity (Wildman–Crippen MR) is 58.5 cm³/mol. The SMILES string of the molecule is CCOC1CCc2ccccc2/C1=N/O. The van der Waals surface area contributed by atoms with E-state index >= 15 is 0 Å². The zero-order chi connectivity index (χ0) is 10.7. The molecule has 0 aromatic heterocycles. The van der Waals surface area contributed by atoms with Crippen LogP contribution >= 0.6 is 0 Å². The average molecular weight is 205 g/mol. The Hall–Kier alpha value is -1.35. The Morgan fingerprint density at radius 2 is 2.27 bits per heavy atom. The van der Waals surface area contributed by atoms with Gasteiger partial charge in [-0.25, -0.2) is 0 Å². The molecule has 3 nitrogen and oxygen atoms in total. The fourth-order valence-corrected chi connectivity index (χ4v) is 2.07. The third-order valence-electron chi connectivity index (χ3n) is 2.75. The molecule has 0 fully saturated rings. The molecule has 1 aliphatic rings. The fraction of sp³-hybridized carbons (Fsp3) is 0.417. The molecule has 1 aliphatic carbocycles. The van der Waals surface area contributed by atoms with Gasteiger partial charge in [-0.15, -0.1) is 0 Å². The molecule has 2 rings (SSSR count). The number of fused-ring (bicyclic) bond motifs is 1. The molecule has 0 saturated heterocycles. The number of aryl methyl sites for hydroxylation is 1. The van der Waals surface area contributed by atoms with Gasteiger partial charge in [0, 0.05) is 12.2 Å². The molecule has 0 spiro atoms. The zero-order valence-corrected chi connectivity index (χ0v) is 8.81. The van der Waals surface area contributed by atoms with Gasteiger partial charge in [0.1, 0.15) is 11.8 Å². The zero-order valence-electron chi connectivity index (χ0n) is 8.81. The molecule has 0 amide bonds. The molecule has 80 valence electrons. The number of hydrogen-bond donors (Lipinski definition) is 1. The van der Waals surface area contributed by atoms with E-state index in [0.29, 0.717) is 12.3 Å². The lowest BCUT2D eigenvalue weighted by Crippen LogP contribution is -2.31. The lowest BCUT2D eigenvalue weighted by atomic mass is 9.88. The Balaban J connectivity index is 2.35. The summed E-state index contributed by atoms with van der Waals surface area (Å²) in [6, 6.07) is 8.02. The quantitative estimate of drug-likeness (QED) is 0.594. The van der Waals surface area contributed by atoms with Gasteiger partial charge < -0.3 is 9.94 Å². The van der Waals surface area contributed by atoms with Gasteiger partial charge in [-0.2, -0.15) is 0 Å². The van der Waals surface area contributed by atoms with E-state index < -0.39 is 0 Å². The predicted octanol–water partition coefficient (Wildman–Crippen LogP) is 2.22. The van der Waals surface area contributed by atoms with Crippen LogP contribution < -0.4 is 0 Å². The van der Waals surface area contributed by atoms with Crippen molar-refractivity contribution in [3.8, 4) is 0 Å². The molecule has 0 saturated carbocycles. The molecular formula is C12H15NO2. The summed E-state index contributed by atoms with van der Waals surface area (Å²) >= 11 is 0. The molecule has 0 radical (unpaired) electrons. The van der Waals surface area contributed by atoms with Crippen molar-refractivity contribution in [2.75, 3.05) is 6.61 Å². The molecule has 1 aromatic carbocycles. The van der Waals surface area contributed by atoms with Gasteiger partial charge in [-0.05, 0) is 25.3 Å². The van der Waals surface area contributed by atoms with Crippen molar-refractivity contribution in [3.63, 3.8) is 0 Å². The molecule has 1 unspecified atom stereocenters. The summed E-state index contributed by atoms with van der Waals surface area (Å²) in [5.74, 6) is 0. The van der Waals surface area contributed by atoms with Crippen LogP contribution in [-0.2, 0) is 11.2 Å². The fourth-order valence-electron chi connectivity index (χ4n) is 2.07. The van der Waals surface area contributed by atoms with Crippen LogP contribution in [0.1, 0.15) is 24.5 Å². The summed E-state index contributed by atoms with van der Waals surface area (Å²) in [7, 11) is 0. The van der Waals surface area contributed by atoms with Crippen LogP contribution in [0.5, 0.6) is 0 Å². The number of oxime groups is 1. The Labute approximate surface area is 89.4 Å². The highest BCUT2D eigenvalue weighted by molar-refractivity contribution is 6.05. The van der Waals surface area contributed by atoms with Crippen LogP contribution in [0.2, 0.25) is 0 Å². The molecule has 3 heteroatoms. The van der Waals surface area contributed by atoms with E-state index in [9.17, 15) is 0 Å². The number of benzene rings is 1. The Kier molecular flexibility index (Phi) is 3.02. The minimum Gasteiger partial charge on any atom is -0.411 e. The third kappa shape index (κ3) is 1.88. The van der Waals surface area contributed by atoms with Crippen molar-refractivity contribution >= 4 is 5.71 Å².